The number of hydrogen-bond donors (Lipinski definition) is 2. The number of amides is 2. The van der Waals surface area contributed by atoms with Gasteiger partial charge in [0.1, 0.15) is 11.2 Å². The Morgan fingerprint density at radius 2 is 1.65 bits per heavy atom. The minimum absolute atomic E-state index is 0.281. The van der Waals surface area contributed by atoms with E-state index in [1.807, 2.05) is 0 Å². The molecule has 5 heteroatoms. The molecule has 128 valence electrons. The van der Waals surface area contributed by atoms with Crippen molar-refractivity contribution in [3.8, 4) is 0 Å². The Morgan fingerprint density at radius 1 is 1.04 bits per heavy atom. The van der Waals surface area contributed by atoms with Crippen molar-refractivity contribution in [1.29, 1.82) is 0 Å². The summed E-state index contributed by atoms with van der Waals surface area (Å²) in [4.78, 5) is 24.3. The van der Waals surface area contributed by atoms with Crippen LogP contribution in [0.5, 0.6) is 0 Å². The lowest BCUT2D eigenvalue weighted by atomic mass is 9.91. The molecule has 0 atom stereocenters. The molecule has 0 fully saturated rings. The van der Waals surface area contributed by atoms with Crippen molar-refractivity contribution in [2.45, 2.75) is 46.5 Å². The molecular formula is C18H27FN2O2. The molecule has 2 N–H and O–H groups in total. The number of carbonyl (C=O) groups excluding carboxylic acids is 2. The zero-order chi connectivity index (χ0) is 17.3. The monoisotopic (exact) mass is 322 g/mol. The summed E-state index contributed by atoms with van der Waals surface area (Å²) in [6, 6.07) is 6.47. The third kappa shape index (κ3) is 6.00. The van der Waals surface area contributed by atoms with E-state index in [9.17, 15) is 14.0 Å². The summed E-state index contributed by atoms with van der Waals surface area (Å²) in [7, 11) is 0. The summed E-state index contributed by atoms with van der Waals surface area (Å²) >= 11 is 0. The van der Waals surface area contributed by atoms with E-state index in [2.05, 4.69) is 17.6 Å². The molecule has 23 heavy (non-hydrogen) atoms. The van der Waals surface area contributed by atoms with E-state index in [-0.39, 0.29) is 17.6 Å². The first kappa shape index (κ1) is 19.1. The SMILES string of the molecule is CCCCCNC(=O)C(C)(C)C(=O)NCCc1ccccc1F. The Hall–Kier alpha value is -1.91. The molecule has 0 aliphatic rings. The van der Waals surface area contributed by atoms with Crippen LogP contribution < -0.4 is 10.6 Å². The summed E-state index contributed by atoms with van der Waals surface area (Å²) in [6.07, 6.45) is 3.44. The minimum Gasteiger partial charge on any atom is -0.355 e. The van der Waals surface area contributed by atoms with E-state index in [1.165, 1.54) is 6.07 Å². The van der Waals surface area contributed by atoms with Gasteiger partial charge in [0.2, 0.25) is 11.8 Å². The molecular weight excluding hydrogens is 295 g/mol. The maximum atomic E-state index is 13.5. The average Bonchev–Trinajstić information content (AvgIpc) is 2.53. The maximum Gasteiger partial charge on any atom is 0.235 e. The van der Waals surface area contributed by atoms with Gasteiger partial charge in [-0.25, -0.2) is 4.39 Å². The van der Waals surface area contributed by atoms with E-state index >= 15 is 0 Å². The maximum absolute atomic E-state index is 13.5. The molecule has 0 saturated carbocycles. The molecule has 0 aliphatic carbocycles. The largest absolute Gasteiger partial charge is 0.355 e. The van der Waals surface area contributed by atoms with Gasteiger partial charge in [-0.3, -0.25) is 9.59 Å². The summed E-state index contributed by atoms with van der Waals surface area (Å²) in [5.74, 6) is -0.909. The van der Waals surface area contributed by atoms with Crippen molar-refractivity contribution in [2.24, 2.45) is 5.41 Å². The van der Waals surface area contributed by atoms with Crippen molar-refractivity contribution in [3.63, 3.8) is 0 Å². The Morgan fingerprint density at radius 3 is 2.26 bits per heavy atom. The molecule has 1 aromatic carbocycles. The van der Waals surface area contributed by atoms with Gasteiger partial charge in [-0.05, 0) is 38.3 Å². The molecule has 0 spiro atoms. The van der Waals surface area contributed by atoms with Crippen LogP contribution >= 0.6 is 0 Å². The van der Waals surface area contributed by atoms with E-state index in [1.54, 1.807) is 32.0 Å². The van der Waals surface area contributed by atoms with Crippen LogP contribution in [0.1, 0.15) is 45.6 Å². The molecule has 1 rings (SSSR count). The fourth-order valence-corrected chi connectivity index (χ4v) is 2.13. The molecule has 0 saturated heterocycles. The number of rotatable bonds is 9. The van der Waals surface area contributed by atoms with Crippen LogP contribution in [0.25, 0.3) is 0 Å². The van der Waals surface area contributed by atoms with Crippen LogP contribution in [0, 0.1) is 11.2 Å². The van der Waals surface area contributed by atoms with Gasteiger partial charge in [-0.2, -0.15) is 0 Å². The van der Waals surface area contributed by atoms with E-state index in [0.717, 1.165) is 19.3 Å². The second kappa shape index (κ2) is 9.28. The highest BCUT2D eigenvalue weighted by Crippen LogP contribution is 2.15. The lowest BCUT2D eigenvalue weighted by Crippen LogP contribution is -2.48. The summed E-state index contributed by atoms with van der Waals surface area (Å²) in [5.41, 5.74) is -0.587. The summed E-state index contributed by atoms with van der Waals surface area (Å²) < 4.78 is 13.5. The average molecular weight is 322 g/mol. The molecule has 0 aromatic heterocycles. The van der Waals surface area contributed by atoms with Gasteiger partial charge in [-0.15, -0.1) is 0 Å². The number of halogens is 1. The third-order valence-corrected chi connectivity index (χ3v) is 3.84. The van der Waals surface area contributed by atoms with Crippen LogP contribution in [-0.4, -0.2) is 24.9 Å². The highest BCUT2D eigenvalue weighted by atomic mass is 19.1. The van der Waals surface area contributed by atoms with E-state index < -0.39 is 5.41 Å². The van der Waals surface area contributed by atoms with Crippen molar-refractivity contribution in [1.82, 2.24) is 10.6 Å². The highest BCUT2D eigenvalue weighted by Gasteiger charge is 2.35. The zero-order valence-electron chi connectivity index (χ0n) is 14.2. The Labute approximate surface area is 137 Å². The standard InChI is InChI=1S/C18H27FN2O2/c1-4-5-8-12-20-16(22)18(2,3)17(23)21-13-11-14-9-6-7-10-15(14)19/h6-7,9-10H,4-5,8,11-13H2,1-3H3,(H,20,22)(H,21,23). The molecule has 0 aliphatic heterocycles. The first-order valence-electron chi connectivity index (χ1n) is 8.19. The number of benzene rings is 1. The smallest absolute Gasteiger partial charge is 0.235 e. The first-order valence-corrected chi connectivity index (χ1v) is 8.19. The predicted octanol–water partition coefficient (Wildman–Crippen LogP) is 2.82. The number of carbonyl (C=O) groups is 2. The van der Waals surface area contributed by atoms with Gasteiger partial charge in [0, 0.05) is 13.1 Å². The zero-order valence-corrected chi connectivity index (χ0v) is 14.2. The van der Waals surface area contributed by atoms with Crippen molar-refractivity contribution in [3.05, 3.63) is 35.6 Å². The van der Waals surface area contributed by atoms with Crippen LogP contribution in [-0.2, 0) is 16.0 Å². The molecule has 1 aromatic rings. The topological polar surface area (TPSA) is 58.2 Å². The molecule has 0 bridgehead atoms. The van der Waals surface area contributed by atoms with Gasteiger partial charge >= 0.3 is 0 Å². The van der Waals surface area contributed by atoms with E-state index in [4.69, 9.17) is 0 Å². The van der Waals surface area contributed by atoms with Gasteiger partial charge in [-0.1, -0.05) is 38.0 Å². The van der Waals surface area contributed by atoms with Gasteiger partial charge in [0.15, 0.2) is 0 Å². The highest BCUT2D eigenvalue weighted by molar-refractivity contribution is 6.04. The molecule has 2 amide bonds. The number of unbranched alkanes of at least 4 members (excludes halogenated alkanes) is 2. The normalized spacial score (nSPS) is 11.1. The van der Waals surface area contributed by atoms with Crippen molar-refractivity contribution in [2.75, 3.05) is 13.1 Å². The molecule has 0 heterocycles. The second-order valence-electron chi connectivity index (χ2n) is 6.19. The predicted molar refractivity (Wildman–Crippen MR) is 89.4 cm³/mol. The fourth-order valence-electron chi connectivity index (χ4n) is 2.13. The fraction of sp³-hybridized carbons (Fsp3) is 0.556. The van der Waals surface area contributed by atoms with Crippen molar-refractivity contribution < 1.29 is 14.0 Å². The molecule has 0 unspecified atom stereocenters. The van der Waals surface area contributed by atoms with Crippen LogP contribution in [0.3, 0.4) is 0 Å². The quantitative estimate of drug-likeness (QED) is 0.542. The van der Waals surface area contributed by atoms with Crippen LogP contribution in [0.4, 0.5) is 4.39 Å². The Balaban J connectivity index is 2.42. The lowest BCUT2D eigenvalue weighted by molar-refractivity contribution is -0.141. The second-order valence-corrected chi connectivity index (χ2v) is 6.19. The van der Waals surface area contributed by atoms with Crippen molar-refractivity contribution >= 4 is 11.8 Å². The lowest BCUT2D eigenvalue weighted by Gasteiger charge is -2.22. The Kier molecular flexibility index (Phi) is 7.72. The molecule has 0 radical (unpaired) electrons. The first-order chi connectivity index (χ1) is 10.9. The summed E-state index contributed by atoms with van der Waals surface area (Å²) in [6.45, 7) is 6.17. The van der Waals surface area contributed by atoms with Gasteiger partial charge in [0.25, 0.3) is 0 Å². The van der Waals surface area contributed by atoms with Crippen LogP contribution in [0.2, 0.25) is 0 Å². The van der Waals surface area contributed by atoms with Gasteiger partial charge < -0.3 is 10.6 Å². The number of nitrogens with one attached hydrogen (secondary N) is 2. The Bertz CT molecular complexity index is 530. The molecule has 4 nitrogen and oxygen atoms in total. The van der Waals surface area contributed by atoms with Crippen LogP contribution in [0.15, 0.2) is 24.3 Å². The third-order valence-electron chi connectivity index (χ3n) is 3.84. The van der Waals surface area contributed by atoms with E-state index in [0.29, 0.717) is 25.1 Å². The minimum atomic E-state index is -1.14. The summed E-state index contributed by atoms with van der Waals surface area (Å²) in [5, 5.41) is 5.51. The number of hydrogen-bond acceptors (Lipinski definition) is 2. The van der Waals surface area contributed by atoms with Gasteiger partial charge in [0.05, 0.1) is 0 Å².